The molecule has 0 aliphatic carbocycles. The molecule has 0 saturated carbocycles. The molecule has 0 saturated heterocycles. The summed E-state index contributed by atoms with van der Waals surface area (Å²) in [6.45, 7) is 2.06. The van der Waals surface area contributed by atoms with E-state index in [2.05, 4.69) is 31.9 Å². The van der Waals surface area contributed by atoms with Gasteiger partial charge in [-0.2, -0.15) is 0 Å². The van der Waals surface area contributed by atoms with Crippen LogP contribution in [0, 0.1) is 5.82 Å². The Bertz CT molecular complexity index is 368. The van der Waals surface area contributed by atoms with Gasteiger partial charge in [0.05, 0.1) is 11.1 Å². The van der Waals surface area contributed by atoms with Gasteiger partial charge in [0.2, 0.25) is 0 Å². The van der Waals surface area contributed by atoms with E-state index in [1.54, 1.807) is 13.0 Å². The largest absolute Gasteiger partial charge is 0.465 e. The molecule has 0 amide bonds. The Morgan fingerprint density at radius 3 is 2.80 bits per heavy atom. The maximum atomic E-state index is 12.9. The molecule has 0 spiro atoms. The first kappa shape index (κ1) is 12.6. The molecule has 1 aromatic rings. The lowest BCUT2D eigenvalue weighted by atomic mass is 10.1. The van der Waals surface area contributed by atoms with Crippen molar-refractivity contribution in [2.75, 3.05) is 6.61 Å². The molecule has 0 aliphatic rings. The zero-order valence-corrected chi connectivity index (χ0v) is 11.1. The molecule has 0 aliphatic heterocycles. The third kappa shape index (κ3) is 3.28. The fourth-order valence-corrected chi connectivity index (χ4v) is 1.83. The topological polar surface area (TPSA) is 26.3 Å². The molecule has 1 unspecified atom stereocenters. The van der Waals surface area contributed by atoms with E-state index in [1.807, 2.05) is 0 Å². The van der Waals surface area contributed by atoms with Crippen molar-refractivity contribution in [2.24, 2.45) is 0 Å². The molecule has 0 heterocycles. The number of hydrogen-bond acceptors (Lipinski definition) is 2. The highest BCUT2D eigenvalue weighted by Crippen LogP contribution is 2.27. The smallest absolute Gasteiger partial charge is 0.324 e. The first-order valence-corrected chi connectivity index (χ1v) is 6.02. The van der Waals surface area contributed by atoms with Crippen molar-refractivity contribution in [3.8, 4) is 0 Å². The second-order valence-corrected chi connectivity index (χ2v) is 4.56. The predicted octanol–water partition coefficient (Wildman–Crippen LogP) is 3.59. The van der Waals surface area contributed by atoms with Gasteiger partial charge in [-0.3, -0.25) is 4.79 Å². The fraction of sp³-hybridized carbons (Fsp3) is 0.300. The van der Waals surface area contributed by atoms with Gasteiger partial charge in [0.15, 0.2) is 0 Å². The van der Waals surface area contributed by atoms with Crippen molar-refractivity contribution in [1.29, 1.82) is 0 Å². The van der Waals surface area contributed by atoms with Crippen LogP contribution in [-0.2, 0) is 9.53 Å². The molecule has 0 N–H and O–H groups in total. The van der Waals surface area contributed by atoms with E-state index in [0.29, 0.717) is 16.6 Å². The molecule has 5 heteroatoms. The summed E-state index contributed by atoms with van der Waals surface area (Å²) in [6.07, 6.45) is 0. The Balaban J connectivity index is 2.86. The van der Waals surface area contributed by atoms with Gasteiger partial charge in [-0.15, -0.1) is 0 Å². The lowest BCUT2D eigenvalue weighted by Gasteiger charge is -2.09. The van der Waals surface area contributed by atoms with Crippen LogP contribution in [0.5, 0.6) is 0 Å². The van der Waals surface area contributed by atoms with Crippen molar-refractivity contribution in [3.05, 3.63) is 34.1 Å². The average molecular weight is 340 g/mol. The van der Waals surface area contributed by atoms with Gasteiger partial charge >= 0.3 is 5.97 Å². The van der Waals surface area contributed by atoms with Crippen molar-refractivity contribution in [1.82, 2.24) is 0 Å². The number of carbonyl (C=O) groups is 1. The van der Waals surface area contributed by atoms with Crippen LogP contribution in [0.25, 0.3) is 0 Å². The van der Waals surface area contributed by atoms with Gasteiger partial charge in [-0.1, -0.05) is 22.0 Å². The molecule has 82 valence electrons. The number of carbonyl (C=O) groups excluding carboxylic acids is 1. The lowest BCUT2D eigenvalue weighted by molar-refractivity contribution is -0.142. The van der Waals surface area contributed by atoms with Gasteiger partial charge < -0.3 is 4.74 Å². The summed E-state index contributed by atoms with van der Waals surface area (Å²) in [6, 6.07) is 4.38. The molecular weight excluding hydrogens is 331 g/mol. The van der Waals surface area contributed by atoms with Gasteiger partial charge in [-0.25, -0.2) is 4.39 Å². The normalized spacial score (nSPS) is 12.3. The van der Waals surface area contributed by atoms with Gasteiger partial charge in [0.25, 0.3) is 0 Å². The SMILES string of the molecule is CCOC(=O)C(Br)c1ccc(F)c(Br)c1. The third-order valence-electron chi connectivity index (χ3n) is 1.73. The molecular formula is C10H9Br2FO2. The first-order chi connectivity index (χ1) is 7.06. The summed E-state index contributed by atoms with van der Waals surface area (Å²) in [5, 5.41) is 0. The second-order valence-electron chi connectivity index (χ2n) is 2.79. The minimum Gasteiger partial charge on any atom is -0.465 e. The molecule has 1 rings (SSSR count). The van der Waals surface area contributed by atoms with E-state index in [4.69, 9.17) is 4.74 Å². The van der Waals surface area contributed by atoms with Crippen molar-refractivity contribution in [3.63, 3.8) is 0 Å². The quantitative estimate of drug-likeness (QED) is 0.621. The van der Waals surface area contributed by atoms with E-state index in [1.165, 1.54) is 12.1 Å². The number of halogens is 3. The Hall–Kier alpha value is -0.420. The van der Waals surface area contributed by atoms with Crippen LogP contribution < -0.4 is 0 Å². The van der Waals surface area contributed by atoms with Crippen molar-refractivity contribution >= 4 is 37.8 Å². The number of benzene rings is 1. The third-order valence-corrected chi connectivity index (χ3v) is 3.24. The van der Waals surface area contributed by atoms with Crippen LogP contribution in [0.4, 0.5) is 4.39 Å². The predicted molar refractivity (Wildman–Crippen MR) is 62.4 cm³/mol. The minimum absolute atomic E-state index is 0.323. The minimum atomic E-state index is -0.561. The highest BCUT2D eigenvalue weighted by atomic mass is 79.9. The van der Waals surface area contributed by atoms with Crippen LogP contribution in [-0.4, -0.2) is 12.6 Å². The van der Waals surface area contributed by atoms with Crippen LogP contribution in [0.15, 0.2) is 22.7 Å². The molecule has 0 bridgehead atoms. The molecule has 0 aromatic heterocycles. The number of alkyl halides is 1. The van der Waals surface area contributed by atoms with Crippen LogP contribution in [0.2, 0.25) is 0 Å². The van der Waals surface area contributed by atoms with E-state index in [9.17, 15) is 9.18 Å². The number of rotatable bonds is 3. The van der Waals surface area contributed by atoms with Gasteiger partial charge in [0, 0.05) is 0 Å². The molecule has 0 fully saturated rings. The van der Waals surface area contributed by atoms with E-state index in [-0.39, 0.29) is 11.8 Å². The zero-order chi connectivity index (χ0) is 11.4. The maximum absolute atomic E-state index is 12.9. The van der Waals surface area contributed by atoms with Gasteiger partial charge in [-0.05, 0) is 40.5 Å². The average Bonchev–Trinajstić information content (AvgIpc) is 2.21. The summed E-state index contributed by atoms with van der Waals surface area (Å²) in [5.41, 5.74) is 0.654. The van der Waals surface area contributed by atoms with Crippen LogP contribution >= 0.6 is 31.9 Å². The number of hydrogen-bond donors (Lipinski definition) is 0. The van der Waals surface area contributed by atoms with Crippen molar-refractivity contribution < 1.29 is 13.9 Å². The Morgan fingerprint density at radius 1 is 1.60 bits per heavy atom. The van der Waals surface area contributed by atoms with Crippen molar-refractivity contribution in [2.45, 2.75) is 11.8 Å². The Morgan fingerprint density at radius 2 is 2.27 bits per heavy atom. The molecule has 15 heavy (non-hydrogen) atoms. The highest BCUT2D eigenvalue weighted by molar-refractivity contribution is 9.10. The number of ether oxygens (including phenoxy) is 1. The molecule has 1 aromatic carbocycles. The van der Waals surface area contributed by atoms with E-state index >= 15 is 0 Å². The fourth-order valence-electron chi connectivity index (χ4n) is 1.02. The first-order valence-electron chi connectivity index (χ1n) is 4.32. The van der Waals surface area contributed by atoms with E-state index < -0.39 is 4.83 Å². The summed E-state index contributed by atoms with van der Waals surface area (Å²) < 4.78 is 18.1. The maximum Gasteiger partial charge on any atom is 0.324 e. The Kier molecular flexibility index (Phi) is 4.73. The summed E-state index contributed by atoms with van der Waals surface area (Å²) in [5.74, 6) is -0.738. The van der Waals surface area contributed by atoms with Gasteiger partial charge in [0.1, 0.15) is 10.6 Å². The summed E-state index contributed by atoms with van der Waals surface area (Å²) in [4.78, 5) is 10.8. The second kappa shape index (κ2) is 5.61. The van der Waals surface area contributed by atoms with Crippen LogP contribution in [0.3, 0.4) is 0 Å². The number of esters is 1. The van der Waals surface area contributed by atoms with E-state index in [0.717, 1.165) is 0 Å². The molecule has 2 nitrogen and oxygen atoms in total. The lowest BCUT2D eigenvalue weighted by Crippen LogP contribution is -2.10. The Labute approximate surface area is 104 Å². The monoisotopic (exact) mass is 338 g/mol. The van der Waals surface area contributed by atoms with Crippen LogP contribution in [0.1, 0.15) is 17.3 Å². The summed E-state index contributed by atoms with van der Waals surface area (Å²) in [7, 11) is 0. The summed E-state index contributed by atoms with van der Waals surface area (Å²) >= 11 is 6.25. The standard InChI is InChI=1S/C10H9Br2FO2/c1-2-15-10(14)9(12)6-3-4-8(13)7(11)5-6/h3-5,9H,2H2,1H3. The zero-order valence-electron chi connectivity index (χ0n) is 7.97. The molecule has 0 radical (unpaired) electrons. The molecule has 1 atom stereocenters. The highest BCUT2D eigenvalue weighted by Gasteiger charge is 2.19.